The first-order valence-corrected chi connectivity index (χ1v) is 8.84. The van der Waals surface area contributed by atoms with Gasteiger partial charge in [-0.05, 0) is 36.1 Å². The molecule has 3 rings (SSSR count). The predicted molar refractivity (Wildman–Crippen MR) is 99.7 cm³/mol. The lowest BCUT2D eigenvalue weighted by molar-refractivity contribution is -0.122. The van der Waals surface area contributed by atoms with Gasteiger partial charge in [0.1, 0.15) is 5.75 Å². The Morgan fingerprint density at radius 3 is 2.76 bits per heavy atom. The molecule has 4 nitrogen and oxygen atoms in total. The highest BCUT2D eigenvalue weighted by molar-refractivity contribution is 6.31. The van der Waals surface area contributed by atoms with Crippen LogP contribution in [0, 0.1) is 5.92 Å². The molecule has 0 bridgehead atoms. The van der Waals surface area contributed by atoms with E-state index in [9.17, 15) is 9.90 Å². The molecule has 1 saturated carbocycles. The lowest BCUT2D eigenvalue weighted by Crippen LogP contribution is -2.40. The van der Waals surface area contributed by atoms with Crippen LogP contribution in [-0.4, -0.2) is 23.6 Å². The van der Waals surface area contributed by atoms with Gasteiger partial charge in [0.05, 0.1) is 0 Å². The third-order valence-electron chi connectivity index (χ3n) is 5.04. The van der Waals surface area contributed by atoms with E-state index in [-0.39, 0.29) is 29.0 Å². The molecule has 4 N–H and O–H groups in total. The Balaban J connectivity index is 1.51. The van der Waals surface area contributed by atoms with Gasteiger partial charge in [-0.2, -0.15) is 0 Å². The van der Waals surface area contributed by atoms with Crippen LogP contribution in [-0.2, 0) is 16.6 Å². The average Bonchev–Trinajstić information content (AvgIpc) is 3.29. The van der Waals surface area contributed by atoms with Gasteiger partial charge in [-0.3, -0.25) is 4.79 Å². The van der Waals surface area contributed by atoms with Gasteiger partial charge in [0.15, 0.2) is 0 Å². The molecule has 0 aliphatic heterocycles. The first-order chi connectivity index (χ1) is 11.9. The van der Waals surface area contributed by atoms with E-state index in [0.717, 1.165) is 12.0 Å². The van der Waals surface area contributed by atoms with Crippen LogP contribution in [0.1, 0.15) is 24.5 Å². The van der Waals surface area contributed by atoms with Crippen molar-refractivity contribution in [3.8, 4) is 5.75 Å². The molecule has 0 spiro atoms. The maximum atomic E-state index is 12.4. The van der Waals surface area contributed by atoms with E-state index < -0.39 is 0 Å². The van der Waals surface area contributed by atoms with Gasteiger partial charge in [-0.25, -0.2) is 0 Å². The smallest absolute Gasteiger partial charge is 0.224 e. The van der Waals surface area contributed by atoms with Crippen LogP contribution >= 0.6 is 11.6 Å². The highest BCUT2D eigenvalue weighted by atomic mass is 35.5. The van der Waals surface area contributed by atoms with Gasteiger partial charge < -0.3 is 16.2 Å². The number of benzene rings is 2. The minimum atomic E-state index is -0.229. The molecule has 3 atom stereocenters. The number of amides is 1. The van der Waals surface area contributed by atoms with Crippen molar-refractivity contribution in [1.29, 1.82) is 0 Å². The standard InChI is InChI=1S/C20H23ClN2O2/c1-20(14-5-3-2-4-6-14)11-17(20)19(25)23-12-15(22)9-13-7-8-16(24)10-18(13)21/h2-8,10,15,17,24H,9,11-12,22H2,1H3,(H,23,25)/t15?,17-,20-/m0/s1. The number of nitrogens with one attached hydrogen (secondary N) is 1. The normalized spacial score (nSPS) is 23.1. The summed E-state index contributed by atoms with van der Waals surface area (Å²) in [6.45, 7) is 2.53. The van der Waals surface area contributed by atoms with Gasteiger partial charge in [-0.1, -0.05) is 54.9 Å². The van der Waals surface area contributed by atoms with Crippen molar-refractivity contribution in [2.75, 3.05) is 6.54 Å². The van der Waals surface area contributed by atoms with E-state index in [4.69, 9.17) is 17.3 Å². The zero-order valence-corrected chi connectivity index (χ0v) is 15.0. The van der Waals surface area contributed by atoms with Crippen LogP contribution in [0.2, 0.25) is 5.02 Å². The molecule has 0 radical (unpaired) electrons. The summed E-state index contributed by atoms with van der Waals surface area (Å²) < 4.78 is 0. The highest BCUT2D eigenvalue weighted by Gasteiger charge is 2.55. The second-order valence-electron chi connectivity index (χ2n) is 7.03. The summed E-state index contributed by atoms with van der Waals surface area (Å²) in [5.41, 5.74) is 8.12. The van der Waals surface area contributed by atoms with Crippen LogP contribution < -0.4 is 11.1 Å². The molecule has 2 aromatic carbocycles. The monoisotopic (exact) mass is 358 g/mol. The number of halogens is 1. The molecule has 1 aliphatic carbocycles. The molecule has 1 fully saturated rings. The average molecular weight is 359 g/mol. The summed E-state index contributed by atoms with van der Waals surface area (Å²) in [6, 6.07) is 14.8. The Bertz CT molecular complexity index is 766. The molecule has 2 aromatic rings. The van der Waals surface area contributed by atoms with Crippen molar-refractivity contribution < 1.29 is 9.90 Å². The molecule has 132 valence electrons. The predicted octanol–water partition coefficient (Wildman–Crippen LogP) is 3.01. The minimum absolute atomic E-state index is 0.000592. The molecule has 1 amide bonds. The number of hydrogen-bond acceptors (Lipinski definition) is 3. The van der Waals surface area contributed by atoms with Crippen LogP contribution in [0.15, 0.2) is 48.5 Å². The summed E-state index contributed by atoms with van der Waals surface area (Å²) in [7, 11) is 0. The van der Waals surface area contributed by atoms with Crippen molar-refractivity contribution in [3.05, 3.63) is 64.7 Å². The number of rotatable bonds is 6. The number of phenolic OH excluding ortho intramolecular Hbond substituents is 1. The maximum absolute atomic E-state index is 12.4. The lowest BCUT2D eigenvalue weighted by atomic mass is 9.95. The number of phenols is 1. The second kappa shape index (κ2) is 7.06. The van der Waals surface area contributed by atoms with E-state index >= 15 is 0 Å². The van der Waals surface area contributed by atoms with Crippen molar-refractivity contribution in [2.24, 2.45) is 11.7 Å². The number of nitrogens with two attached hydrogens (primary N) is 1. The summed E-state index contributed by atoms with van der Waals surface area (Å²) >= 11 is 6.10. The first kappa shape index (κ1) is 17.8. The zero-order chi connectivity index (χ0) is 18.0. The fraction of sp³-hybridized carbons (Fsp3) is 0.350. The van der Waals surface area contributed by atoms with E-state index in [1.807, 2.05) is 18.2 Å². The molecule has 0 aromatic heterocycles. The SMILES string of the molecule is C[C@@]1(c2ccccc2)C[C@H]1C(=O)NCC(N)Cc1ccc(O)cc1Cl. The van der Waals surface area contributed by atoms with Gasteiger partial charge in [-0.15, -0.1) is 0 Å². The lowest BCUT2D eigenvalue weighted by Gasteiger charge is -2.15. The molecular weight excluding hydrogens is 336 g/mol. The quantitative estimate of drug-likeness (QED) is 0.743. The van der Waals surface area contributed by atoms with Crippen LogP contribution in [0.4, 0.5) is 0 Å². The van der Waals surface area contributed by atoms with Gasteiger partial charge in [0, 0.05) is 28.9 Å². The largest absolute Gasteiger partial charge is 0.508 e. The third kappa shape index (κ3) is 3.97. The molecule has 1 aliphatic rings. The molecular formula is C20H23ClN2O2. The summed E-state index contributed by atoms with van der Waals surface area (Å²) in [4.78, 5) is 12.4. The number of carbonyl (C=O) groups excluding carboxylic acids is 1. The van der Waals surface area contributed by atoms with Crippen LogP contribution in [0.25, 0.3) is 0 Å². The Hall–Kier alpha value is -2.04. The molecule has 25 heavy (non-hydrogen) atoms. The fourth-order valence-electron chi connectivity index (χ4n) is 3.30. The minimum Gasteiger partial charge on any atom is -0.508 e. The van der Waals surface area contributed by atoms with Crippen molar-refractivity contribution in [2.45, 2.75) is 31.2 Å². The number of aromatic hydroxyl groups is 1. The zero-order valence-electron chi connectivity index (χ0n) is 14.2. The van der Waals surface area contributed by atoms with Gasteiger partial charge in [0.2, 0.25) is 5.91 Å². The third-order valence-corrected chi connectivity index (χ3v) is 5.40. The van der Waals surface area contributed by atoms with E-state index in [1.54, 1.807) is 12.1 Å². The van der Waals surface area contributed by atoms with E-state index in [1.165, 1.54) is 11.6 Å². The molecule has 5 heteroatoms. The number of carbonyl (C=O) groups is 1. The number of hydrogen-bond donors (Lipinski definition) is 3. The van der Waals surface area contributed by atoms with Crippen LogP contribution in [0.5, 0.6) is 5.75 Å². The first-order valence-electron chi connectivity index (χ1n) is 8.46. The Morgan fingerprint density at radius 2 is 2.08 bits per heavy atom. The van der Waals surface area contributed by atoms with E-state index in [0.29, 0.717) is 18.0 Å². The van der Waals surface area contributed by atoms with Gasteiger partial charge >= 0.3 is 0 Å². The topological polar surface area (TPSA) is 75.4 Å². The highest BCUT2D eigenvalue weighted by Crippen LogP contribution is 2.53. The molecule has 0 saturated heterocycles. The Kier molecular flexibility index (Phi) is 5.02. The summed E-state index contributed by atoms with van der Waals surface area (Å²) in [5.74, 6) is 0.183. The van der Waals surface area contributed by atoms with E-state index in [2.05, 4.69) is 24.4 Å². The maximum Gasteiger partial charge on any atom is 0.224 e. The molecule has 0 heterocycles. The Labute approximate surface area is 153 Å². The Morgan fingerprint density at radius 1 is 1.36 bits per heavy atom. The van der Waals surface area contributed by atoms with Gasteiger partial charge in [0.25, 0.3) is 0 Å². The summed E-state index contributed by atoms with van der Waals surface area (Å²) in [6.07, 6.45) is 1.40. The van der Waals surface area contributed by atoms with Crippen LogP contribution in [0.3, 0.4) is 0 Å². The fourth-order valence-corrected chi connectivity index (χ4v) is 3.55. The van der Waals surface area contributed by atoms with Crippen molar-refractivity contribution in [1.82, 2.24) is 5.32 Å². The van der Waals surface area contributed by atoms with Crippen molar-refractivity contribution in [3.63, 3.8) is 0 Å². The van der Waals surface area contributed by atoms with Crippen molar-refractivity contribution >= 4 is 17.5 Å². The second-order valence-corrected chi connectivity index (χ2v) is 7.43. The summed E-state index contributed by atoms with van der Waals surface area (Å²) in [5, 5.41) is 12.8. The molecule has 1 unspecified atom stereocenters.